The van der Waals surface area contributed by atoms with E-state index >= 15 is 0 Å². The zero-order chi connectivity index (χ0) is 13.8. The summed E-state index contributed by atoms with van der Waals surface area (Å²) < 4.78 is 0. The van der Waals surface area contributed by atoms with Crippen LogP contribution in [0.3, 0.4) is 0 Å². The first-order chi connectivity index (χ1) is 9.13. The van der Waals surface area contributed by atoms with Crippen LogP contribution in [0.1, 0.15) is 21.5 Å². The van der Waals surface area contributed by atoms with Gasteiger partial charge in [-0.25, -0.2) is 0 Å². The second-order valence-electron chi connectivity index (χ2n) is 4.06. The zero-order valence-electron chi connectivity index (χ0n) is 10.3. The Morgan fingerprint density at radius 2 is 1.95 bits per heavy atom. The summed E-state index contributed by atoms with van der Waals surface area (Å²) in [5.74, 6) is -0.280. The maximum absolute atomic E-state index is 12.1. The third kappa shape index (κ3) is 2.55. The molecule has 0 fully saturated rings. The predicted octanol–water partition coefficient (Wildman–Crippen LogP) is 2.82. The number of para-hydroxylation sites is 1. The minimum absolute atomic E-state index is 0.0706. The first kappa shape index (κ1) is 12.7. The van der Waals surface area contributed by atoms with Gasteiger partial charge in [0.2, 0.25) is 0 Å². The van der Waals surface area contributed by atoms with E-state index in [9.17, 15) is 9.90 Å². The van der Waals surface area contributed by atoms with Gasteiger partial charge in [-0.1, -0.05) is 18.2 Å². The maximum Gasteiger partial charge on any atom is 0.256 e. The first-order valence-corrected chi connectivity index (χ1v) is 5.72. The van der Waals surface area contributed by atoms with Crippen LogP contribution in [-0.4, -0.2) is 11.0 Å². The van der Waals surface area contributed by atoms with E-state index in [-0.39, 0.29) is 11.7 Å². The Hall–Kier alpha value is -2.80. The molecule has 0 heterocycles. The van der Waals surface area contributed by atoms with Crippen molar-refractivity contribution in [1.29, 1.82) is 5.26 Å². The fraction of sp³-hybridized carbons (Fsp3) is 0.0667. The van der Waals surface area contributed by atoms with Crippen LogP contribution in [0.2, 0.25) is 0 Å². The van der Waals surface area contributed by atoms with Gasteiger partial charge < -0.3 is 10.4 Å². The van der Waals surface area contributed by atoms with Crippen molar-refractivity contribution in [3.05, 3.63) is 59.2 Å². The molecule has 1 amide bonds. The number of aromatic hydroxyl groups is 1. The van der Waals surface area contributed by atoms with Crippen molar-refractivity contribution in [1.82, 2.24) is 0 Å². The van der Waals surface area contributed by atoms with Gasteiger partial charge in [0.15, 0.2) is 0 Å². The number of nitrogens with one attached hydrogen (secondary N) is 1. The summed E-state index contributed by atoms with van der Waals surface area (Å²) in [5.41, 5.74) is 1.74. The van der Waals surface area contributed by atoms with Crippen LogP contribution >= 0.6 is 0 Å². The van der Waals surface area contributed by atoms with Crippen LogP contribution < -0.4 is 5.32 Å². The van der Waals surface area contributed by atoms with Crippen molar-refractivity contribution in [3.8, 4) is 11.8 Å². The largest absolute Gasteiger partial charge is 0.508 e. The minimum atomic E-state index is -0.351. The fourth-order valence-corrected chi connectivity index (χ4v) is 1.75. The zero-order valence-corrected chi connectivity index (χ0v) is 10.3. The number of anilines is 1. The van der Waals surface area contributed by atoms with Gasteiger partial charge in [0.05, 0.1) is 11.3 Å². The maximum atomic E-state index is 12.1. The lowest BCUT2D eigenvalue weighted by Gasteiger charge is -2.09. The number of nitrogens with zero attached hydrogens (tertiary/aromatic N) is 1. The Morgan fingerprint density at radius 1 is 1.21 bits per heavy atom. The fourth-order valence-electron chi connectivity index (χ4n) is 1.75. The third-order valence-corrected chi connectivity index (χ3v) is 2.85. The van der Waals surface area contributed by atoms with E-state index in [0.717, 1.165) is 0 Å². The molecule has 4 heteroatoms. The molecular weight excluding hydrogens is 240 g/mol. The van der Waals surface area contributed by atoms with E-state index in [4.69, 9.17) is 5.26 Å². The highest BCUT2D eigenvalue weighted by Crippen LogP contribution is 2.21. The van der Waals surface area contributed by atoms with Crippen LogP contribution in [0, 0.1) is 18.3 Å². The summed E-state index contributed by atoms with van der Waals surface area (Å²) in [6, 6.07) is 13.5. The summed E-state index contributed by atoms with van der Waals surface area (Å²) in [4.78, 5) is 12.1. The van der Waals surface area contributed by atoms with Crippen molar-refractivity contribution in [2.24, 2.45) is 0 Å². The van der Waals surface area contributed by atoms with Gasteiger partial charge in [-0.15, -0.1) is 0 Å². The van der Waals surface area contributed by atoms with Crippen molar-refractivity contribution in [3.63, 3.8) is 0 Å². The summed E-state index contributed by atoms with van der Waals surface area (Å²) >= 11 is 0. The van der Waals surface area contributed by atoms with Crippen molar-refractivity contribution < 1.29 is 9.90 Å². The number of phenols is 1. The van der Waals surface area contributed by atoms with E-state index < -0.39 is 0 Å². The standard InChI is InChI=1S/C15H12N2O2/c1-10-12(6-4-8-14(10)18)15(19)17-13-7-3-2-5-11(13)9-16/h2-8,18H,1H3,(H,17,19). The summed E-state index contributed by atoms with van der Waals surface area (Å²) in [6.45, 7) is 1.67. The van der Waals surface area contributed by atoms with Gasteiger partial charge in [-0.05, 0) is 31.2 Å². The van der Waals surface area contributed by atoms with Crippen LogP contribution in [0.15, 0.2) is 42.5 Å². The first-order valence-electron chi connectivity index (χ1n) is 5.72. The molecule has 2 aromatic carbocycles. The number of carbonyl (C=O) groups is 1. The number of nitriles is 1. The second-order valence-corrected chi connectivity index (χ2v) is 4.06. The summed E-state index contributed by atoms with van der Waals surface area (Å²) in [5, 5.41) is 21.2. The molecule has 0 aliphatic rings. The number of benzene rings is 2. The van der Waals surface area contributed by atoms with Gasteiger partial charge >= 0.3 is 0 Å². The highest BCUT2D eigenvalue weighted by atomic mass is 16.3. The van der Waals surface area contributed by atoms with E-state index in [1.54, 1.807) is 43.3 Å². The highest BCUT2D eigenvalue weighted by Gasteiger charge is 2.12. The quantitative estimate of drug-likeness (QED) is 0.863. The Balaban J connectivity index is 2.32. The molecule has 94 valence electrons. The highest BCUT2D eigenvalue weighted by molar-refractivity contribution is 6.06. The monoisotopic (exact) mass is 252 g/mol. The number of amides is 1. The number of phenolic OH excluding ortho intramolecular Hbond substituents is 1. The lowest BCUT2D eigenvalue weighted by Crippen LogP contribution is -2.14. The second kappa shape index (κ2) is 5.23. The topological polar surface area (TPSA) is 73.1 Å². The molecule has 0 unspecified atom stereocenters. The molecule has 0 spiro atoms. The molecule has 2 rings (SSSR count). The molecule has 0 aliphatic carbocycles. The van der Waals surface area contributed by atoms with Crippen LogP contribution in [0.5, 0.6) is 5.75 Å². The van der Waals surface area contributed by atoms with Crippen LogP contribution in [-0.2, 0) is 0 Å². The summed E-state index contributed by atoms with van der Waals surface area (Å²) in [6.07, 6.45) is 0. The average molecular weight is 252 g/mol. The van der Waals surface area contributed by atoms with E-state index in [1.165, 1.54) is 6.07 Å². The van der Waals surface area contributed by atoms with E-state index in [2.05, 4.69) is 5.32 Å². The molecule has 0 saturated heterocycles. The molecule has 4 nitrogen and oxygen atoms in total. The molecule has 0 aliphatic heterocycles. The number of rotatable bonds is 2. The molecule has 0 radical (unpaired) electrons. The third-order valence-electron chi connectivity index (χ3n) is 2.85. The molecule has 19 heavy (non-hydrogen) atoms. The molecule has 0 atom stereocenters. The number of hydrogen-bond acceptors (Lipinski definition) is 3. The SMILES string of the molecule is Cc1c(O)cccc1C(=O)Nc1ccccc1C#N. The smallest absolute Gasteiger partial charge is 0.256 e. The number of hydrogen-bond donors (Lipinski definition) is 2. The molecular formula is C15H12N2O2. The van der Waals surface area contributed by atoms with E-state index in [0.29, 0.717) is 22.4 Å². The minimum Gasteiger partial charge on any atom is -0.508 e. The molecule has 0 saturated carbocycles. The van der Waals surface area contributed by atoms with Gasteiger partial charge in [-0.3, -0.25) is 4.79 Å². The Labute approximate surface area is 110 Å². The van der Waals surface area contributed by atoms with Crippen molar-refractivity contribution in [2.75, 3.05) is 5.32 Å². The average Bonchev–Trinajstić information content (AvgIpc) is 2.42. The lowest BCUT2D eigenvalue weighted by molar-refractivity contribution is 0.102. The normalized spacial score (nSPS) is 9.68. The van der Waals surface area contributed by atoms with E-state index in [1.807, 2.05) is 6.07 Å². The van der Waals surface area contributed by atoms with Crippen molar-refractivity contribution in [2.45, 2.75) is 6.92 Å². The number of carbonyl (C=O) groups excluding carboxylic acids is 1. The Bertz CT molecular complexity index is 672. The van der Waals surface area contributed by atoms with Gasteiger partial charge in [-0.2, -0.15) is 5.26 Å². The molecule has 2 aromatic rings. The van der Waals surface area contributed by atoms with Gasteiger partial charge in [0.25, 0.3) is 5.91 Å². The summed E-state index contributed by atoms with van der Waals surface area (Å²) in [7, 11) is 0. The molecule has 0 bridgehead atoms. The van der Waals surface area contributed by atoms with Crippen LogP contribution in [0.4, 0.5) is 5.69 Å². The lowest BCUT2D eigenvalue weighted by atomic mass is 10.1. The van der Waals surface area contributed by atoms with Gasteiger partial charge in [0, 0.05) is 11.1 Å². The molecule has 0 aromatic heterocycles. The van der Waals surface area contributed by atoms with Crippen LogP contribution in [0.25, 0.3) is 0 Å². The van der Waals surface area contributed by atoms with Crippen molar-refractivity contribution >= 4 is 11.6 Å². The Morgan fingerprint density at radius 3 is 2.68 bits per heavy atom. The van der Waals surface area contributed by atoms with Gasteiger partial charge in [0.1, 0.15) is 11.8 Å². The molecule has 2 N–H and O–H groups in total. The predicted molar refractivity (Wildman–Crippen MR) is 72.0 cm³/mol. The Kier molecular flexibility index (Phi) is 3.48.